The molecule has 0 saturated carbocycles. The van der Waals surface area contributed by atoms with Crippen molar-refractivity contribution in [1.29, 1.82) is 0 Å². The average Bonchev–Trinajstić information content (AvgIpc) is 3.07. The van der Waals surface area contributed by atoms with Gasteiger partial charge < -0.3 is 15.2 Å². The van der Waals surface area contributed by atoms with E-state index < -0.39 is 0 Å². The molecule has 0 spiro atoms. The van der Waals surface area contributed by atoms with Gasteiger partial charge in [-0.25, -0.2) is 0 Å². The minimum Gasteiger partial charge on any atom is -0.493 e. The number of hydrogen-bond acceptors (Lipinski definition) is 4. The molecular weight excluding hydrogens is 240 g/mol. The van der Waals surface area contributed by atoms with Crippen molar-refractivity contribution in [2.45, 2.75) is 25.0 Å². The lowest BCUT2D eigenvalue weighted by molar-refractivity contribution is 0.101. The van der Waals surface area contributed by atoms with E-state index in [1.807, 2.05) is 0 Å². The van der Waals surface area contributed by atoms with Crippen molar-refractivity contribution in [3.8, 4) is 5.75 Å². The Morgan fingerprint density at radius 2 is 2.42 bits per heavy atom. The highest BCUT2D eigenvalue weighted by Crippen LogP contribution is 2.31. The molecule has 4 nitrogen and oxygen atoms in total. The second-order valence-corrected chi connectivity index (χ2v) is 5.36. The molecule has 0 aromatic heterocycles. The molecule has 4 heteroatoms. The van der Waals surface area contributed by atoms with E-state index in [9.17, 15) is 0 Å². The minimum absolute atomic E-state index is 0.297. The number of hydrogen-bond donors (Lipinski definition) is 1. The molecule has 2 heterocycles. The Balaban J connectivity index is 1.79. The van der Waals surface area contributed by atoms with Crippen LogP contribution in [0.2, 0.25) is 0 Å². The van der Waals surface area contributed by atoms with Gasteiger partial charge in [0.2, 0.25) is 0 Å². The van der Waals surface area contributed by atoms with Gasteiger partial charge in [0.15, 0.2) is 0 Å². The Bertz CT molecular complexity index is 450. The van der Waals surface area contributed by atoms with Crippen LogP contribution in [-0.4, -0.2) is 44.4 Å². The zero-order chi connectivity index (χ0) is 13.2. The summed E-state index contributed by atoms with van der Waals surface area (Å²) in [4.78, 5) is 2.44. The van der Waals surface area contributed by atoms with Gasteiger partial charge in [0.25, 0.3) is 0 Å². The topological polar surface area (TPSA) is 47.7 Å². The Labute approximate surface area is 114 Å². The first-order chi connectivity index (χ1) is 9.31. The first kappa shape index (κ1) is 12.9. The molecule has 2 N–H and O–H groups in total. The fourth-order valence-corrected chi connectivity index (χ4v) is 3.14. The lowest BCUT2D eigenvalue weighted by atomic mass is 10.0. The summed E-state index contributed by atoms with van der Waals surface area (Å²) < 4.78 is 11.0. The van der Waals surface area contributed by atoms with Gasteiger partial charge in [0, 0.05) is 39.2 Å². The van der Waals surface area contributed by atoms with E-state index in [2.05, 4.69) is 23.1 Å². The number of nitrogens with two attached hydrogens (primary N) is 1. The molecule has 1 saturated heterocycles. The summed E-state index contributed by atoms with van der Waals surface area (Å²) >= 11 is 0. The van der Waals surface area contributed by atoms with Gasteiger partial charge in [-0.3, -0.25) is 4.90 Å². The van der Waals surface area contributed by atoms with Crippen LogP contribution in [0.5, 0.6) is 5.75 Å². The molecule has 104 valence electrons. The zero-order valence-electron chi connectivity index (χ0n) is 11.5. The van der Waals surface area contributed by atoms with Gasteiger partial charge in [-0.2, -0.15) is 0 Å². The summed E-state index contributed by atoms with van der Waals surface area (Å²) in [5, 5.41) is 0. The molecule has 2 aliphatic heterocycles. The highest BCUT2D eigenvalue weighted by atomic mass is 16.5. The van der Waals surface area contributed by atoms with Crippen molar-refractivity contribution in [1.82, 2.24) is 4.90 Å². The molecule has 3 rings (SSSR count). The maximum absolute atomic E-state index is 6.00. The Morgan fingerprint density at radius 1 is 1.53 bits per heavy atom. The van der Waals surface area contributed by atoms with E-state index >= 15 is 0 Å². The number of methoxy groups -OCH3 is 1. The summed E-state index contributed by atoms with van der Waals surface area (Å²) in [6.07, 6.45) is 2.47. The van der Waals surface area contributed by atoms with Crippen LogP contribution < -0.4 is 10.5 Å². The molecule has 0 aliphatic carbocycles. The SMILES string of the molecule is COC1CCN(C(CN)c2ccc3c(c2)CCO3)C1. The molecule has 2 unspecified atom stereocenters. The quantitative estimate of drug-likeness (QED) is 0.889. The molecule has 19 heavy (non-hydrogen) atoms. The normalized spacial score (nSPS) is 24.2. The maximum atomic E-state index is 6.00. The Morgan fingerprint density at radius 3 is 3.16 bits per heavy atom. The van der Waals surface area contributed by atoms with Crippen molar-refractivity contribution < 1.29 is 9.47 Å². The number of benzene rings is 1. The van der Waals surface area contributed by atoms with E-state index in [1.54, 1.807) is 7.11 Å². The zero-order valence-corrected chi connectivity index (χ0v) is 11.5. The largest absolute Gasteiger partial charge is 0.493 e. The smallest absolute Gasteiger partial charge is 0.122 e. The first-order valence-electron chi connectivity index (χ1n) is 7.04. The lowest BCUT2D eigenvalue weighted by Gasteiger charge is -2.27. The fourth-order valence-electron chi connectivity index (χ4n) is 3.14. The van der Waals surface area contributed by atoms with E-state index in [-0.39, 0.29) is 0 Å². The van der Waals surface area contributed by atoms with Crippen molar-refractivity contribution >= 4 is 0 Å². The maximum Gasteiger partial charge on any atom is 0.122 e. The predicted molar refractivity (Wildman–Crippen MR) is 74.4 cm³/mol. The van der Waals surface area contributed by atoms with E-state index in [0.29, 0.717) is 18.7 Å². The highest BCUT2D eigenvalue weighted by Gasteiger charge is 2.29. The Hall–Kier alpha value is -1.10. The second-order valence-electron chi connectivity index (χ2n) is 5.36. The number of ether oxygens (including phenoxy) is 2. The first-order valence-corrected chi connectivity index (χ1v) is 7.04. The summed E-state index contributed by atoms with van der Waals surface area (Å²) in [6.45, 7) is 3.50. The van der Waals surface area contributed by atoms with Gasteiger partial charge in [-0.15, -0.1) is 0 Å². The van der Waals surface area contributed by atoms with Crippen molar-refractivity contribution in [3.63, 3.8) is 0 Å². The number of likely N-dealkylation sites (tertiary alicyclic amines) is 1. The van der Waals surface area contributed by atoms with Gasteiger partial charge in [-0.1, -0.05) is 12.1 Å². The third-order valence-electron chi connectivity index (χ3n) is 4.27. The fraction of sp³-hybridized carbons (Fsp3) is 0.600. The van der Waals surface area contributed by atoms with Crippen LogP contribution in [0.4, 0.5) is 0 Å². The molecule has 0 amide bonds. The summed E-state index contributed by atoms with van der Waals surface area (Å²) in [5.74, 6) is 1.04. The van der Waals surface area contributed by atoms with E-state index in [0.717, 1.165) is 38.3 Å². The summed E-state index contributed by atoms with van der Waals surface area (Å²) in [7, 11) is 1.79. The number of rotatable bonds is 4. The standard InChI is InChI=1S/C15H22N2O2/c1-18-13-4-6-17(10-13)14(9-16)11-2-3-15-12(8-11)5-7-19-15/h2-3,8,13-14H,4-7,9-10,16H2,1H3. The highest BCUT2D eigenvalue weighted by molar-refractivity contribution is 5.41. The van der Waals surface area contributed by atoms with Crippen molar-refractivity contribution in [2.24, 2.45) is 5.73 Å². The molecule has 2 aliphatic rings. The minimum atomic E-state index is 0.297. The van der Waals surface area contributed by atoms with Gasteiger partial charge in [0.1, 0.15) is 5.75 Å². The number of fused-ring (bicyclic) bond motifs is 1. The van der Waals surface area contributed by atoms with Crippen LogP contribution in [0.3, 0.4) is 0 Å². The van der Waals surface area contributed by atoms with Crippen LogP contribution >= 0.6 is 0 Å². The molecule has 0 bridgehead atoms. The molecule has 0 radical (unpaired) electrons. The van der Waals surface area contributed by atoms with Crippen LogP contribution in [0, 0.1) is 0 Å². The monoisotopic (exact) mass is 262 g/mol. The molecule has 1 fully saturated rings. The Kier molecular flexibility index (Phi) is 3.73. The summed E-state index contributed by atoms with van der Waals surface area (Å²) in [6, 6.07) is 6.80. The molecule has 2 atom stereocenters. The van der Waals surface area contributed by atoms with E-state index in [4.69, 9.17) is 15.2 Å². The third-order valence-corrected chi connectivity index (χ3v) is 4.27. The molecule has 1 aromatic rings. The van der Waals surface area contributed by atoms with Gasteiger partial charge >= 0.3 is 0 Å². The second kappa shape index (κ2) is 5.49. The number of nitrogens with zero attached hydrogens (tertiary/aromatic N) is 1. The lowest BCUT2D eigenvalue weighted by Crippen LogP contribution is -2.33. The van der Waals surface area contributed by atoms with Crippen LogP contribution in [-0.2, 0) is 11.2 Å². The van der Waals surface area contributed by atoms with Crippen molar-refractivity contribution in [2.75, 3.05) is 33.4 Å². The van der Waals surface area contributed by atoms with Crippen LogP contribution in [0.15, 0.2) is 18.2 Å². The summed E-state index contributed by atoms with van der Waals surface area (Å²) in [5.41, 5.74) is 8.63. The van der Waals surface area contributed by atoms with Crippen LogP contribution in [0.25, 0.3) is 0 Å². The average molecular weight is 262 g/mol. The van der Waals surface area contributed by atoms with Crippen molar-refractivity contribution in [3.05, 3.63) is 29.3 Å². The van der Waals surface area contributed by atoms with Gasteiger partial charge in [-0.05, 0) is 23.6 Å². The van der Waals surface area contributed by atoms with Gasteiger partial charge in [0.05, 0.1) is 12.7 Å². The third kappa shape index (κ3) is 2.48. The van der Waals surface area contributed by atoms with E-state index in [1.165, 1.54) is 11.1 Å². The molecular formula is C15H22N2O2. The predicted octanol–water partition coefficient (Wildman–Crippen LogP) is 1.34. The van der Waals surface area contributed by atoms with Crippen LogP contribution in [0.1, 0.15) is 23.6 Å². The molecule has 1 aromatic carbocycles.